The third-order valence-electron chi connectivity index (χ3n) is 4.07. The Hall–Kier alpha value is -2.17. The summed E-state index contributed by atoms with van der Waals surface area (Å²) in [6, 6.07) is 22.2. The van der Waals surface area contributed by atoms with Crippen molar-refractivity contribution in [3.05, 3.63) is 75.9 Å². The summed E-state index contributed by atoms with van der Waals surface area (Å²) in [6.07, 6.45) is 0. The second kappa shape index (κ2) is 9.55. The van der Waals surface area contributed by atoms with Gasteiger partial charge in [0, 0.05) is 9.32 Å². The number of carbonyl (C=O) groups is 1. The number of hydrogen-bond donors (Lipinski definition) is 1. The van der Waals surface area contributed by atoms with Crippen molar-refractivity contribution in [2.45, 2.75) is 10.1 Å². The van der Waals surface area contributed by atoms with Gasteiger partial charge < -0.3 is 4.74 Å². The van der Waals surface area contributed by atoms with Crippen LogP contribution in [0, 0.1) is 3.57 Å². The van der Waals surface area contributed by atoms with Crippen molar-refractivity contribution < 1.29 is 9.53 Å². The maximum Gasteiger partial charge on any atom is 0.264 e. The number of fused-ring (bicyclic) bond motifs is 1. The van der Waals surface area contributed by atoms with Gasteiger partial charge in [0.1, 0.15) is 5.75 Å². The Bertz CT molecular complexity index is 1130. The van der Waals surface area contributed by atoms with Crippen molar-refractivity contribution in [3.8, 4) is 5.75 Å². The average Bonchev–Trinajstić information content (AvgIpc) is 3.19. The first-order valence-electron chi connectivity index (χ1n) is 8.78. The lowest BCUT2D eigenvalue weighted by Crippen LogP contribution is -2.20. The van der Waals surface area contributed by atoms with E-state index in [1.165, 1.54) is 27.7 Å². The molecule has 4 rings (SSSR count). The van der Waals surface area contributed by atoms with Gasteiger partial charge >= 0.3 is 0 Å². The number of nitrogens with one attached hydrogen (secondary N) is 1. The molecule has 1 heterocycles. The highest BCUT2D eigenvalue weighted by Gasteiger charge is 2.10. The van der Waals surface area contributed by atoms with Crippen LogP contribution in [0.1, 0.15) is 5.56 Å². The molecule has 0 unspecified atom stereocenters. The smallest absolute Gasteiger partial charge is 0.264 e. The van der Waals surface area contributed by atoms with Gasteiger partial charge in [0.15, 0.2) is 10.9 Å². The zero-order valence-corrected chi connectivity index (χ0v) is 19.0. The van der Waals surface area contributed by atoms with E-state index >= 15 is 0 Å². The molecule has 1 amide bonds. The molecule has 0 atom stereocenters. The van der Waals surface area contributed by atoms with E-state index in [1.807, 2.05) is 36.4 Å². The lowest BCUT2D eigenvalue weighted by Gasteiger charge is -2.05. The number of ether oxygens (including phenoxy) is 1. The van der Waals surface area contributed by atoms with Crippen LogP contribution < -0.4 is 10.1 Å². The molecular formula is C21H16IN3O2S2. The average molecular weight is 533 g/mol. The van der Waals surface area contributed by atoms with Gasteiger partial charge in [0.25, 0.3) is 5.91 Å². The minimum Gasteiger partial charge on any atom is -0.484 e. The summed E-state index contributed by atoms with van der Waals surface area (Å²) in [7, 11) is 0. The third-order valence-corrected chi connectivity index (χ3v) is 6.81. The van der Waals surface area contributed by atoms with Crippen LogP contribution in [0.15, 0.2) is 71.1 Å². The number of carbonyl (C=O) groups excluding carboxylic acids is 1. The molecule has 3 aromatic carbocycles. The second-order valence-corrected chi connectivity index (χ2v) is 9.54. The highest BCUT2D eigenvalue weighted by Crippen LogP contribution is 2.30. The summed E-state index contributed by atoms with van der Waals surface area (Å²) >= 11 is 5.19. The molecule has 1 aromatic heterocycles. The van der Waals surface area contributed by atoms with E-state index < -0.39 is 0 Å². The fraction of sp³-hybridized carbons (Fsp3) is 0.0952. The zero-order chi connectivity index (χ0) is 20.1. The molecule has 0 radical (unpaired) electrons. The van der Waals surface area contributed by atoms with Crippen LogP contribution in [0.3, 0.4) is 0 Å². The summed E-state index contributed by atoms with van der Waals surface area (Å²) in [5.74, 6) is 1.19. The van der Waals surface area contributed by atoms with E-state index in [2.05, 4.69) is 68.4 Å². The Labute approximate surface area is 190 Å². The number of rotatable bonds is 7. The molecule has 0 bridgehead atoms. The summed E-state index contributed by atoms with van der Waals surface area (Å²) in [6.45, 7) is -0.0708. The van der Waals surface area contributed by atoms with Crippen LogP contribution in [0.5, 0.6) is 5.75 Å². The van der Waals surface area contributed by atoms with E-state index in [0.29, 0.717) is 10.9 Å². The van der Waals surface area contributed by atoms with Gasteiger partial charge in [0.2, 0.25) is 5.13 Å². The molecule has 0 aliphatic rings. The summed E-state index contributed by atoms with van der Waals surface area (Å²) in [5, 5.41) is 13.9. The minimum atomic E-state index is -0.259. The second-order valence-electron chi connectivity index (χ2n) is 6.09. The molecule has 8 heteroatoms. The van der Waals surface area contributed by atoms with E-state index in [-0.39, 0.29) is 12.5 Å². The number of halogens is 1. The Morgan fingerprint density at radius 3 is 2.69 bits per heavy atom. The topological polar surface area (TPSA) is 64.1 Å². The fourth-order valence-electron chi connectivity index (χ4n) is 2.71. The highest BCUT2D eigenvalue weighted by molar-refractivity contribution is 14.1. The maximum absolute atomic E-state index is 12.1. The first-order valence-corrected chi connectivity index (χ1v) is 11.7. The largest absolute Gasteiger partial charge is 0.484 e. The van der Waals surface area contributed by atoms with Crippen molar-refractivity contribution in [1.29, 1.82) is 0 Å². The lowest BCUT2D eigenvalue weighted by atomic mass is 10.1. The number of aromatic nitrogens is 2. The van der Waals surface area contributed by atoms with E-state index in [0.717, 1.165) is 13.7 Å². The minimum absolute atomic E-state index is 0.0708. The van der Waals surface area contributed by atoms with E-state index in [1.54, 1.807) is 11.8 Å². The van der Waals surface area contributed by atoms with Crippen molar-refractivity contribution in [3.63, 3.8) is 0 Å². The van der Waals surface area contributed by atoms with E-state index in [4.69, 9.17) is 4.74 Å². The van der Waals surface area contributed by atoms with Crippen LogP contribution in [0.4, 0.5) is 5.13 Å². The van der Waals surface area contributed by atoms with Gasteiger partial charge in [-0.15, -0.1) is 10.2 Å². The first kappa shape index (κ1) is 20.1. The molecule has 0 aliphatic heterocycles. The molecular weight excluding hydrogens is 517 g/mol. The molecule has 1 N–H and O–H groups in total. The van der Waals surface area contributed by atoms with Gasteiger partial charge in [-0.05, 0) is 63.2 Å². The predicted molar refractivity (Wildman–Crippen MR) is 127 cm³/mol. The molecule has 0 saturated heterocycles. The standard InChI is InChI=1S/C21H16IN3O2S2/c22-16-8-10-17(11-9-16)27-12-19(26)23-20-24-25-21(29-20)28-13-15-6-3-5-14-4-1-2-7-18(14)15/h1-11H,12-13H2,(H,23,24,26). The lowest BCUT2D eigenvalue weighted by molar-refractivity contribution is -0.118. The molecule has 5 nitrogen and oxygen atoms in total. The normalized spacial score (nSPS) is 10.8. The number of anilines is 1. The molecule has 0 spiro atoms. The fourth-order valence-corrected chi connectivity index (χ4v) is 4.84. The Morgan fingerprint density at radius 1 is 1.03 bits per heavy atom. The molecule has 146 valence electrons. The van der Waals surface area contributed by atoms with Gasteiger partial charge in [-0.2, -0.15) is 0 Å². The molecule has 0 fully saturated rings. The van der Waals surface area contributed by atoms with Crippen molar-refractivity contribution >= 4 is 67.5 Å². The number of nitrogens with zero attached hydrogens (tertiary/aromatic N) is 2. The highest BCUT2D eigenvalue weighted by atomic mass is 127. The van der Waals surface area contributed by atoms with Crippen molar-refractivity contribution in [2.24, 2.45) is 0 Å². The van der Waals surface area contributed by atoms with Crippen LogP contribution in [0.25, 0.3) is 10.8 Å². The van der Waals surface area contributed by atoms with Gasteiger partial charge in [-0.1, -0.05) is 65.6 Å². The van der Waals surface area contributed by atoms with Crippen molar-refractivity contribution in [1.82, 2.24) is 10.2 Å². The zero-order valence-electron chi connectivity index (χ0n) is 15.2. The number of hydrogen-bond acceptors (Lipinski definition) is 6. The molecule has 0 aliphatic carbocycles. The summed E-state index contributed by atoms with van der Waals surface area (Å²) < 4.78 is 7.41. The van der Waals surface area contributed by atoms with Gasteiger partial charge in [-0.3, -0.25) is 10.1 Å². The van der Waals surface area contributed by atoms with E-state index in [9.17, 15) is 4.79 Å². The number of amides is 1. The molecule has 4 aromatic rings. The molecule has 0 saturated carbocycles. The van der Waals surface area contributed by atoms with Crippen LogP contribution >= 0.6 is 45.7 Å². The van der Waals surface area contributed by atoms with Gasteiger partial charge in [0.05, 0.1) is 0 Å². The van der Waals surface area contributed by atoms with Crippen molar-refractivity contribution in [2.75, 3.05) is 11.9 Å². The summed E-state index contributed by atoms with van der Waals surface area (Å²) in [4.78, 5) is 12.1. The first-order chi connectivity index (χ1) is 14.2. The quantitative estimate of drug-likeness (QED) is 0.190. The Balaban J connectivity index is 1.31. The number of thioether (sulfide) groups is 1. The monoisotopic (exact) mass is 533 g/mol. The van der Waals surface area contributed by atoms with Crippen LogP contribution in [0.2, 0.25) is 0 Å². The third kappa shape index (κ3) is 5.46. The number of benzene rings is 3. The maximum atomic E-state index is 12.1. The summed E-state index contributed by atoms with van der Waals surface area (Å²) in [5.41, 5.74) is 1.25. The van der Waals surface area contributed by atoms with Crippen LogP contribution in [-0.4, -0.2) is 22.7 Å². The predicted octanol–water partition coefficient (Wildman–Crippen LogP) is 5.61. The SMILES string of the molecule is O=C(COc1ccc(I)cc1)Nc1nnc(SCc2cccc3ccccc23)s1. The molecule has 29 heavy (non-hydrogen) atoms. The van der Waals surface area contributed by atoms with Gasteiger partial charge in [-0.25, -0.2) is 0 Å². The van der Waals surface area contributed by atoms with Crippen LogP contribution in [-0.2, 0) is 10.5 Å². The Kier molecular flexibility index (Phi) is 6.63. The Morgan fingerprint density at radius 2 is 1.83 bits per heavy atom.